The summed E-state index contributed by atoms with van der Waals surface area (Å²) in [7, 11) is -2.49. The van der Waals surface area contributed by atoms with Gasteiger partial charge in [-0.1, -0.05) is 36.4 Å². The molecule has 8 nitrogen and oxygen atoms in total. The number of ether oxygens (including phenoxy) is 1. The highest BCUT2D eigenvalue weighted by Crippen LogP contribution is 2.29. The van der Waals surface area contributed by atoms with Gasteiger partial charge in [-0.3, -0.25) is 9.52 Å². The summed E-state index contributed by atoms with van der Waals surface area (Å²) in [6, 6.07) is 12.0. The van der Waals surface area contributed by atoms with Gasteiger partial charge >= 0.3 is 0 Å². The number of carbonyl (C=O) groups is 1. The van der Waals surface area contributed by atoms with Crippen molar-refractivity contribution in [3.05, 3.63) is 65.0 Å². The molecule has 0 aliphatic heterocycles. The van der Waals surface area contributed by atoms with Gasteiger partial charge in [-0.15, -0.1) is 0 Å². The summed E-state index contributed by atoms with van der Waals surface area (Å²) in [5.74, 6) is 0.324. The van der Waals surface area contributed by atoms with Crippen LogP contribution in [0.3, 0.4) is 0 Å². The van der Waals surface area contributed by atoms with Crippen molar-refractivity contribution in [3.63, 3.8) is 0 Å². The molecule has 1 amide bonds. The first-order valence-corrected chi connectivity index (χ1v) is 11.4. The zero-order chi connectivity index (χ0) is 23.3. The molecule has 3 rings (SSSR count). The Morgan fingerprint density at radius 1 is 1.19 bits per heavy atom. The van der Waals surface area contributed by atoms with Crippen LogP contribution < -0.4 is 14.8 Å². The van der Waals surface area contributed by atoms with E-state index in [1.807, 2.05) is 13.0 Å². The van der Waals surface area contributed by atoms with Gasteiger partial charge in [-0.05, 0) is 54.8 Å². The summed E-state index contributed by atoms with van der Waals surface area (Å²) in [6.45, 7) is 5.10. The van der Waals surface area contributed by atoms with Gasteiger partial charge in [0.2, 0.25) is 5.91 Å². The smallest absolute Gasteiger partial charge is 0.265 e. The van der Waals surface area contributed by atoms with E-state index in [1.54, 1.807) is 49.4 Å². The Hall–Kier alpha value is -3.59. The maximum atomic E-state index is 13.1. The monoisotopic (exact) mass is 455 g/mol. The maximum absolute atomic E-state index is 13.1. The van der Waals surface area contributed by atoms with Crippen molar-refractivity contribution in [1.29, 1.82) is 0 Å². The fraction of sp³-hybridized carbons (Fsp3) is 0.217. The molecule has 3 aromatic rings. The Balaban J connectivity index is 1.93. The zero-order valence-electron chi connectivity index (χ0n) is 18.3. The van der Waals surface area contributed by atoms with E-state index in [1.165, 1.54) is 20.1 Å². The molecule has 1 heterocycles. The number of methoxy groups -OCH3 is 1. The number of hydrogen-bond donors (Lipinski definition) is 2. The second-order valence-electron chi connectivity index (χ2n) is 7.09. The van der Waals surface area contributed by atoms with E-state index in [4.69, 9.17) is 9.26 Å². The van der Waals surface area contributed by atoms with Crippen molar-refractivity contribution >= 4 is 39.5 Å². The number of hydrogen-bond acceptors (Lipinski definition) is 6. The van der Waals surface area contributed by atoms with Crippen LogP contribution in [0.2, 0.25) is 0 Å². The Morgan fingerprint density at radius 2 is 1.97 bits per heavy atom. The van der Waals surface area contributed by atoms with E-state index in [0.717, 1.165) is 12.0 Å². The second kappa shape index (κ2) is 9.69. The molecule has 0 fully saturated rings. The van der Waals surface area contributed by atoms with Crippen LogP contribution in [0.1, 0.15) is 36.4 Å². The molecule has 0 radical (unpaired) electrons. The van der Waals surface area contributed by atoms with Crippen molar-refractivity contribution in [1.82, 2.24) is 5.16 Å². The van der Waals surface area contributed by atoms with Gasteiger partial charge in [0.25, 0.3) is 10.0 Å². The van der Waals surface area contributed by atoms with Crippen molar-refractivity contribution in [2.24, 2.45) is 0 Å². The molecule has 0 spiro atoms. The number of aromatic nitrogens is 1. The highest BCUT2D eigenvalue weighted by atomic mass is 32.2. The van der Waals surface area contributed by atoms with Gasteiger partial charge in [-0.25, -0.2) is 8.42 Å². The number of anilines is 2. The molecule has 0 aliphatic rings. The third-order valence-electron chi connectivity index (χ3n) is 4.68. The van der Waals surface area contributed by atoms with Gasteiger partial charge in [0.15, 0.2) is 5.76 Å². The summed E-state index contributed by atoms with van der Waals surface area (Å²) in [6.07, 6.45) is 4.07. The first-order valence-electron chi connectivity index (χ1n) is 9.95. The molecule has 2 aromatic carbocycles. The number of nitrogens with zero attached hydrogens (tertiary/aromatic N) is 1. The fourth-order valence-corrected chi connectivity index (χ4v) is 4.33. The normalized spacial score (nSPS) is 11.5. The predicted molar refractivity (Wildman–Crippen MR) is 124 cm³/mol. The predicted octanol–water partition coefficient (Wildman–Crippen LogP) is 4.48. The fourth-order valence-electron chi connectivity index (χ4n) is 3.07. The minimum Gasteiger partial charge on any atom is -0.495 e. The van der Waals surface area contributed by atoms with Crippen LogP contribution >= 0.6 is 0 Å². The van der Waals surface area contributed by atoms with E-state index >= 15 is 0 Å². The number of amides is 1. The first-order chi connectivity index (χ1) is 15.2. The van der Waals surface area contributed by atoms with Crippen molar-refractivity contribution in [2.45, 2.75) is 32.1 Å². The minimum atomic E-state index is -3.91. The molecule has 0 unspecified atom stereocenters. The van der Waals surface area contributed by atoms with Crippen LogP contribution in [0.25, 0.3) is 12.2 Å². The number of benzene rings is 2. The minimum absolute atomic E-state index is 0.000105. The summed E-state index contributed by atoms with van der Waals surface area (Å²) in [4.78, 5) is 11.4. The summed E-state index contributed by atoms with van der Waals surface area (Å²) in [5, 5.41) is 6.54. The molecule has 2 N–H and O–H groups in total. The van der Waals surface area contributed by atoms with E-state index in [0.29, 0.717) is 28.4 Å². The van der Waals surface area contributed by atoms with E-state index in [9.17, 15) is 13.2 Å². The second-order valence-corrected chi connectivity index (χ2v) is 8.74. The van der Waals surface area contributed by atoms with Crippen molar-refractivity contribution < 1.29 is 22.5 Å². The van der Waals surface area contributed by atoms with E-state index in [2.05, 4.69) is 15.2 Å². The number of nitrogens with one attached hydrogen (secondary N) is 2. The van der Waals surface area contributed by atoms with Gasteiger partial charge in [0.05, 0.1) is 7.11 Å². The Bertz CT molecular complexity index is 1260. The molecular weight excluding hydrogens is 430 g/mol. The third kappa shape index (κ3) is 5.36. The number of aryl methyl sites for hydroxylation is 2. The highest BCUT2D eigenvalue weighted by Gasteiger charge is 2.20. The SMILES string of the molecule is CCc1cccc(NS(=O)(=O)c2cc(C=Cc3onc(C)c3NC(C)=O)ccc2OC)c1. The Morgan fingerprint density at radius 3 is 2.66 bits per heavy atom. The summed E-state index contributed by atoms with van der Waals surface area (Å²) in [5.41, 5.74) is 3.09. The average molecular weight is 456 g/mol. The molecule has 0 saturated carbocycles. The third-order valence-corrected chi connectivity index (χ3v) is 6.08. The summed E-state index contributed by atoms with van der Waals surface area (Å²) >= 11 is 0. The molecular formula is C23H25N3O5S. The lowest BCUT2D eigenvalue weighted by Gasteiger charge is -2.13. The molecule has 0 atom stereocenters. The van der Waals surface area contributed by atoms with Crippen molar-refractivity contribution in [2.75, 3.05) is 17.1 Å². The standard InChI is InChI=1S/C23H25N3O5S/c1-5-17-7-6-8-19(13-17)26-32(28,29)22-14-18(9-11-20(22)30-4)10-12-21-23(24-16(3)27)15(2)25-31-21/h6-14,26H,5H2,1-4H3,(H,24,27). The van der Waals surface area contributed by atoms with Gasteiger partial charge in [0.1, 0.15) is 22.0 Å². The lowest BCUT2D eigenvalue weighted by molar-refractivity contribution is -0.114. The van der Waals surface area contributed by atoms with Gasteiger partial charge < -0.3 is 14.6 Å². The molecule has 168 valence electrons. The number of sulfonamides is 1. The lowest BCUT2D eigenvalue weighted by Crippen LogP contribution is -2.14. The van der Waals surface area contributed by atoms with Crippen LogP contribution in [0.5, 0.6) is 5.75 Å². The summed E-state index contributed by atoms with van der Waals surface area (Å²) < 4.78 is 39.3. The molecule has 1 aromatic heterocycles. The first kappa shape index (κ1) is 23.1. The Labute approximate surface area is 187 Å². The largest absolute Gasteiger partial charge is 0.495 e. The van der Waals surface area contributed by atoms with Crippen LogP contribution in [0, 0.1) is 6.92 Å². The van der Waals surface area contributed by atoms with E-state index < -0.39 is 10.0 Å². The molecule has 9 heteroatoms. The molecule has 0 saturated heterocycles. The average Bonchev–Trinajstić information content (AvgIpc) is 3.10. The van der Waals surface area contributed by atoms with Gasteiger partial charge in [0, 0.05) is 12.6 Å². The van der Waals surface area contributed by atoms with Crippen molar-refractivity contribution in [3.8, 4) is 5.75 Å². The quantitative estimate of drug-likeness (QED) is 0.518. The molecule has 0 aliphatic carbocycles. The van der Waals surface area contributed by atoms with Gasteiger partial charge in [-0.2, -0.15) is 0 Å². The van der Waals surface area contributed by atoms with Crippen LogP contribution in [-0.2, 0) is 21.2 Å². The lowest BCUT2D eigenvalue weighted by atomic mass is 10.1. The van der Waals surface area contributed by atoms with Crippen LogP contribution in [-0.4, -0.2) is 26.6 Å². The topological polar surface area (TPSA) is 111 Å². The number of rotatable bonds is 8. The Kier molecular flexibility index (Phi) is 6.99. The molecule has 32 heavy (non-hydrogen) atoms. The van der Waals surface area contributed by atoms with Crippen LogP contribution in [0.4, 0.5) is 11.4 Å². The highest BCUT2D eigenvalue weighted by molar-refractivity contribution is 7.92. The molecule has 0 bridgehead atoms. The number of carbonyl (C=O) groups excluding carboxylic acids is 1. The van der Waals surface area contributed by atoms with E-state index in [-0.39, 0.29) is 16.6 Å². The van der Waals surface area contributed by atoms with Crippen LogP contribution in [0.15, 0.2) is 51.9 Å². The zero-order valence-corrected chi connectivity index (χ0v) is 19.1. The maximum Gasteiger partial charge on any atom is 0.265 e.